The Bertz CT molecular complexity index is 413. The molecule has 0 spiro atoms. The van der Waals surface area contributed by atoms with Crippen molar-refractivity contribution in [3.8, 4) is 0 Å². The summed E-state index contributed by atoms with van der Waals surface area (Å²) in [6.07, 6.45) is 2.19. The molecule has 1 atom stereocenters. The fraction of sp³-hybridized carbons (Fsp3) is 0.500. The Hall–Kier alpha value is -0.780. The average Bonchev–Trinajstić information content (AvgIpc) is 2.32. The van der Waals surface area contributed by atoms with E-state index in [-0.39, 0.29) is 5.97 Å². The second-order valence-corrected chi connectivity index (χ2v) is 5.52. The predicted octanol–water partition coefficient (Wildman–Crippen LogP) is 2.50. The molecular weight excluding hydrogens is 272 g/mol. The molecule has 0 saturated carbocycles. The van der Waals surface area contributed by atoms with Gasteiger partial charge in [0.25, 0.3) is 0 Å². The minimum Gasteiger partial charge on any atom is -0.465 e. The maximum absolute atomic E-state index is 11.6. The lowest BCUT2D eigenvalue weighted by molar-refractivity contribution is -0.149. The van der Waals surface area contributed by atoms with Gasteiger partial charge in [0.15, 0.2) is 0 Å². The minimum atomic E-state index is -0.968. The summed E-state index contributed by atoms with van der Waals surface area (Å²) in [5.41, 5.74) is 4.94. The van der Waals surface area contributed by atoms with E-state index in [1.807, 2.05) is 0 Å². The summed E-state index contributed by atoms with van der Waals surface area (Å²) in [5, 5.41) is 1.36. The van der Waals surface area contributed by atoms with Gasteiger partial charge in [0.05, 0.1) is 11.6 Å². The fourth-order valence-electron chi connectivity index (χ4n) is 1.24. The normalized spacial score (nSPS) is 14.0. The molecule has 0 amide bonds. The molecule has 0 fully saturated rings. The molecule has 6 heteroatoms. The Morgan fingerprint density at radius 2 is 2.39 bits per heavy atom. The van der Waals surface area contributed by atoms with Gasteiger partial charge in [-0.1, -0.05) is 11.6 Å². The van der Waals surface area contributed by atoms with Crippen molar-refractivity contribution in [1.29, 1.82) is 0 Å². The summed E-state index contributed by atoms with van der Waals surface area (Å²) in [4.78, 5) is 15.7. The van der Waals surface area contributed by atoms with Crippen LogP contribution in [0.15, 0.2) is 23.4 Å². The zero-order chi connectivity index (χ0) is 13.6. The van der Waals surface area contributed by atoms with Gasteiger partial charge in [0, 0.05) is 11.9 Å². The third-order valence-corrected chi connectivity index (χ3v) is 3.75. The highest BCUT2D eigenvalue weighted by molar-refractivity contribution is 7.99. The van der Waals surface area contributed by atoms with Crippen LogP contribution in [-0.4, -0.2) is 28.9 Å². The summed E-state index contributed by atoms with van der Waals surface area (Å²) in [7, 11) is 0. The molecule has 0 saturated heterocycles. The fourth-order valence-corrected chi connectivity index (χ4v) is 2.58. The van der Waals surface area contributed by atoms with Crippen LogP contribution in [0.4, 0.5) is 0 Å². The molecule has 4 nitrogen and oxygen atoms in total. The van der Waals surface area contributed by atoms with Crippen LogP contribution in [0.2, 0.25) is 5.02 Å². The van der Waals surface area contributed by atoms with Crippen LogP contribution >= 0.6 is 23.4 Å². The minimum absolute atomic E-state index is 0.338. The molecule has 2 N–H and O–H groups in total. The largest absolute Gasteiger partial charge is 0.465 e. The van der Waals surface area contributed by atoms with Crippen molar-refractivity contribution in [2.75, 3.05) is 12.4 Å². The topological polar surface area (TPSA) is 65.2 Å². The lowest BCUT2D eigenvalue weighted by Crippen LogP contribution is -2.46. The highest BCUT2D eigenvalue weighted by Gasteiger charge is 2.29. The van der Waals surface area contributed by atoms with Crippen LogP contribution in [0, 0.1) is 0 Å². The van der Waals surface area contributed by atoms with E-state index in [2.05, 4.69) is 4.98 Å². The summed E-state index contributed by atoms with van der Waals surface area (Å²) in [6, 6.07) is 3.56. The third-order valence-electron chi connectivity index (χ3n) is 2.33. The average molecular weight is 289 g/mol. The number of aromatic nitrogens is 1. The molecular formula is C12H17ClN2O2S. The molecule has 1 rings (SSSR count). The van der Waals surface area contributed by atoms with Crippen LogP contribution in [0.3, 0.4) is 0 Å². The van der Waals surface area contributed by atoms with Gasteiger partial charge in [-0.05, 0) is 32.4 Å². The van der Waals surface area contributed by atoms with Crippen LogP contribution in [-0.2, 0) is 9.53 Å². The molecule has 0 radical (unpaired) electrons. The smallest absolute Gasteiger partial charge is 0.325 e. The van der Waals surface area contributed by atoms with Gasteiger partial charge in [0.1, 0.15) is 10.6 Å². The molecule has 1 heterocycles. The number of rotatable bonds is 6. The number of ether oxygens (including phenoxy) is 1. The summed E-state index contributed by atoms with van der Waals surface area (Å²) in [6.45, 7) is 3.77. The molecule has 0 bridgehead atoms. The van der Waals surface area contributed by atoms with Crippen LogP contribution in [0.25, 0.3) is 0 Å². The third kappa shape index (κ3) is 4.48. The molecule has 100 valence electrons. The number of nitrogens with zero attached hydrogens (tertiary/aromatic N) is 1. The second-order valence-electron chi connectivity index (χ2n) is 4.03. The maximum atomic E-state index is 11.6. The Kier molecular flexibility index (Phi) is 5.91. The first-order valence-electron chi connectivity index (χ1n) is 5.67. The van der Waals surface area contributed by atoms with Crippen molar-refractivity contribution >= 4 is 29.3 Å². The molecule has 0 aliphatic carbocycles. The standard InChI is InChI=1S/C12H17ClN2O2S/c1-3-17-11(16)12(2,14)6-8-18-10-9(13)5-4-7-15-10/h4-5,7H,3,6,8,14H2,1-2H3. The Morgan fingerprint density at radius 1 is 1.67 bits per heavy atom. The maximum Gasteiger partial charge on any atom is 0.325 e. The van der Waals surface area contributed by atoms with Gasteiger partial charge in [-0.2, -0.15) is 0 Å². The van der Waals surface area contributed by atoms with Crippen LogP contribution < -0.4 is 5.73 Å². The molecule has 0 aliphatic rings. The zero-order valence-electron chi connectivity index (χ0n) is 10.5. The van der Waals surface area contributed by atoms with Crippen LogP contribution in [0.1, 0.15) is 20.3 Å². The first kappa shape index (κ1) is 15.3. The lowest BCUT2D eigenvalue weighted by Gasteiger charge is -2.21. The van der Waals surface area contributed by atoms with Gasteiger partial charge < -0.3 is 10.5 Å². The zero-order valence-corrected chi connectivity index (χ0v) is 12.1. The van der Waals surface area contributed by atoms with E-state index < -0.39 is 5.54 Å². The van der Waals surface area contributed by atoms with Crippen molar-refractivity contribution in [3.63, 3.8) is 0 Å². The van der Waals surface area contributed by atoms with Gasteiger partial charge >= 0.3 is 5.97 Å². The van der Waals surface area contributed by atoms with E-state index in [4.69, 9.17) is 22.1 Å². The number of hydrogen-bond donors (Lipinski definition) is 1. The highest BCUT2D eigenvalue weighted by atomic mass is 35.5. The molecule has 0 aromatic carbocycles. The van der Waals surface area contributed by atoms with Gasteiger partial charge in [-0.15, -0.1) is 11.8 Å². The number of carbonyl (C=O) groups is 1. The molecule has 0 aliphatic heterocycles. The molecule has 1 unspecified atom stereocenters. The molecule has 1 aromatic rings. The molecule has 1 aromatic heterocycles. The van der Waals surface area contributed by atoms with Crippen molar-refractivity contribution < 1.29 is 9.53 Å². The van der Waals surface area contributed by atoms with Gasteiger partial charge in [-0.25, -0.2) is 4.98 Å². The number of esters is 1. The van der Waals surface area contributed by atoms with E-state index in [0.717, 1.165) is 5.03 Å². The van der Waals surface area contributed by atoms with Crippen molar-refractivity contribution in [3.05, 3.63) is 23.4 Å². The van der Waals surface area contributed by atoms with Crippen molar-refractivity contribution in [1.82, 2.24) is 4.98 Å². The van der Waals surface area contributed by atoms with Crippen LogP contribution in [0.5, 0.6) is 0 Å². The predicted molar refractivity (Wildman–Crippen MR) is 73.8 cm³/mol. The Morgan fingerprint density at radius 3 is 3.00 bits per heavy atom. The van der Waals surface area contributed by atoms with E-state index >= 15 is 0 Å². The Labute approximate surface area is 116 Å². The van der Waals surface area contributed by atoms with Crippen molar-refractivity contribution in [2.24, 2.45) is 5.73 Å². The second kappa shape index (κ2) is 6.97. The van der Waals surface area contributed by atoms with E-state index in [0.29, 0.717) is 23.8 Å². The Balaban J connectivity index is 2.46. The number of hydrogen-bond acceptors (Lipinski definition) is 5. The van der Waals surface area contributed by atoms with Gasteiger partial charge in [0.2, 0.25) is 0 Å². The number of thioether (sulfide) groups is 1. The monoisotopic (exact) mass is 288 g/mol. The van der Waals surface area contributed by atoms with E-state index in [1.165, 1.54) is 11.8 Å². The SMILES string of the molecule is CCOC(=O)C(C)(N)CCSc1ncccc1Cl. The summed E-state index contributed by atoms with van der Waals surface area (Å²) < 4.78 is 4.92. The molecule has 18 heavy (non-hydrogen) atoms. The van der Waals surface area contributed by atoms with Gasteiger partial charge in [-0.3, -0.25) is 4.79 Å². The lowest BCUT2D eigenvalue weighted by atomic mass is 10.0. The number of carbonyl (C=O) groups excluding carboxylic acids is 1. The van der Waals surface area contributed by atoms with Crippen molar-refractivity contribution in [2.45, 2.75) is 30.8 Å². The number of nitrogens with two attached hydrogens (primary N) is 1. The first-order valence-corrected chi connectivity index (χ1v) is 7.03. The number of halogens is 1. The van der Waals surface area contributed by atoms with E-state index in [9.17, 15) is 4.79 Å². The quantitative estimate of drug-likeness (QED) is 0.643. The number of pyridine rings is 1. The summed E-state index contributed by atoms with van der Waals surface area (Å²) in [5.74, 6) is 0.278. The summed E-state index contributed by atoms with van der Waals surface area (Å²) >= 11 is 7.46. The van der Waals surface area contributed by atoms with E-state index in [1.54, 1.807) is 32.2 Å². The first-order chi connectivity index (χ1) is 8.47. The highest BCUT2D eigenvalue weighted by Crippen LogP contribution is 2.26.